The fraction of sp³-hybridized carbons (Fsp3) is 0.444. The Hall–Kier alpha value is -2.18. The number of carbonyl (C=O) groups excluding carboxylic acids is 1. The van der Waals surface area contributed by atoms with Crippen molar-refractivity contribution >= 4 is 5.91 Å². The van der Waals surface area contributed by atoms with Crippen LogP contribution in [-0.4, -0.2) is 46.9 Å². The second-order valence-electron chi connectivity index (χ2n) is 6.26. The lowest BCUT2D eigenvalue weighted by Crippen LogP contribution is -2.44. The van der Waals surface area contributed by atoms with Gasteiger partial charge in [-0.1, -0.05) is 30.3 Å². The average Bonchev–Trinajstić information content (AvgIpc) is 2.83. The molecule has 0 aliphatic carbocycles. The van der Waals surface area contributed by atoms with E-state index >= 15 is 0 Å². The van der Waals surface area contributed by atoms with Crippen LogP contribution in [0, 0.1) is 13.8 Å². The first kappa shape index (κ1) is 16.7. The molecule has 1 amide bonds. The number of nitrogens with zero attached hydrogens (tertiary/aromatic N) is 3. The van der Waals surface area contributed by atoms with E-state index in [4.69, 9.17) is 15.6 Å². The Balaban J connectivity index is 1.88. The fourth-order valence-corrected chi connectivity index (χ4v) is 3.40. The predicted octanol–water partition coefficient (Wildman–Crippen LogP) is 1.41. The van der Waals surface area contributed by atoms with E-state index in [1.165, 1.54) is 5.56 Å². The number of nitrogens with two attached hydrogens (primary N) is 1. The predicted molar refractivity (Wildman–Crippen MR) is 91.6 cm³/mol. The lowest BCUT2D eigenvalue weighted by Gasteiger charge is -2.35. The summed E-state index contributed by atoms with van der Waals surface area (Å²) in [6, 6.07) is 10.3. The van der Waals surface area contributed by atoms with Crippen LogP contribution >= 0.6 is 0 Å². The number of ether oxygens (including phenoxy) is 1. The molecule has 6 heteroatoms. The summed E-state index contributed by atoms with van der Waals surface area (Å²) in [5, 5.41) is 4.71. The van der Waals surface area contributed by atoms with Crippen LogP contribution in [0.1, 0.15) is 28.6 Å². The summed E-state index contributed by atoms with van der Waals surface area (Å²) >= 11 is 0. The molecule has 1 fully saturated rings. The highest BCUT2D eigenvalue weighted by atomic mass is 16.5. The molecular formula is C18H24N4O2. The van der Waals surface area contributed by atoms with Crippen LogP contribution in [0.4, 0.5) is 0 Å². The molecule has 1 aliphatic rings. The van der Waals surface area contributed by atoms with Crippen molar-refractivity contribution in [2.45, 2.75) is 26.4 Å². The lowest BCUT2D eigenvalue weighted by atomic mass is 10.0. The molecular weight excluding hydrogens is 304 g/mol. The molecule has 0 saturated carbocycles. The molecule has 1 aromatic heterocycles. The number of morpholine rings is 1. The molecule has 1 saturated heterocycles. The third-order valence-corrected chi connectivity index (χ3v) is 4.54. The van der Waals surface area contributed by atoms with Crippen LogP contribution < -0.4 is 5.73 Å². The van der Waals surface area contributed by atoms with Crippen molar-refractivity contribution in [3.05, 3.63) is 52.8 Å². The quantitative estimate of drug-likeness (QED) is 0.900. The van der Waals surface area contributed by atoms with Crippen LogP contribution in [0.25, 0.3) is 0 Å². The number of carbonyl (C=O) groups is 1. The van der Waals surface area contributed by atoms with Crippen LogP contribution in [0.5, 0.6) is 0 Å². The second kappa shape index (κ2) is 7.15. The van der Waals surface area contributed by atoms with Gasteiger partial charge in [0.15, 0.2) is 0 Å². The van der Waals surface area contributed by atoms with Crippen LogP contribution in [0.15, 0.2) is 30.3 Å². The van der Waals surface area contributed by atoms with Crippen molar-refractivity contribution in [1.82, 2.24) is 14.7 Å². The normalized spacial score (nSPS) is 18.7. The molecule has 0 spiro atoms. The molecule has 1 aliphatic heterocycles. The maximum atomic E-state index is 11.4. The summed E-state index contributed by atoms with van der Waals surface area (Å²) in [6.07, 6.45) is 0. The van der Waals surface area contributed by atoms with Crippen LogP contribution in [0.3, 0.4) is 0 Å². The van der Waals surface area contributed by atoms with E-state index < -0.39 is 0 Å². The molecule has 0 radical (unpaired) electrons. The molecule has 1 unspecified atom stereocenters. The first-order valence-corrected chi connectivity index (χ1v) is 8.24. The van der Waals surface area contributed by atoms with E-state index in [1.807, 2.05) is 29.8 Å². The summed E-state index contributed by atoms with van der Waals surface area (Å²) in [5.74, 6) is -0.311. The zero-order valence-electron chi connectivity index (χ0n) is 14.2. The number of hydrogen-bond acceptors (Lipinski definition) is 4. The summed E-state index contributed by atoms with van der Waals surface area (Å²) in [4.78, 5) is 13.5. The first-order valence-electron chi connectivity index (χ1n) is 8.24. The van der Waals surface area contributed by atoms with Gasteiger partial charge in [-0.25, -0.2) is 0 Å². The van der Waals surface area contributed by atoms with Gasteiger partial charge >= 0.3 is 0 Å². The average molecular weight is 328 g/mol. The second-order valence-corrected chi connectivity index (χ2v) is 6.26. The molecule has 3 rings (SSSR count). The van der Waals surface area contributed by atoms with Crippen molar-refractivity contribution in [3.63, 3.8) is 0 Å². The number of rotatable bonds is 5. The Morgan fingerprint density at radius 3 is 2.79 bits per heavy atom. The maximum Gasteiger partial charge on any atom is 0.231 e. The van der Waals surface area contributed by atoms with Crippen molar-refractivity contribution in [1.29, 1.82) is 0 Å². The smallest absolute Gasteiger partial charge is 0.231 e. The first-order chi connectivity index (χ1) is 11.6. The van der Waals surface area contributed by atoms with Gasteiger partial charge in [0.2, 0.25) is 5.91 Å². The van der Waals surface area contributed by atoms with E-state index in [9.17, 15) is 4.79 Å². The van der Waals surface area contributed by atoms with E-state index in [-0.39, 0.29) is 18.5 Å². The van der Waals surface area contributed by atoms with Crippen molar-refractivity contribution < 1.29 is 9.53 Å². The number of hydrogen-bond donors (Lipinski definition) is 1. The van der Waals surface area contributed by atoms with E-state index in [0.717, 1.165) is 23.5 Å². The Labute approximate surface area is 142 Å². The van der Waals surface area contributed by atoms with Crippen LogP contribution in [-0.2, 0) is 16.1 Å². The SMILES string of the molecule is Cc1nn(Cc2ccccc2)c(C)c1C1COCCN1CC(N)=O. The van der Waals surface area contributed by atoms with E-state index in [2.05, 4.69) is 24.0 Å². The number of aryl methyl sites for hydroxylation is 1. The van der Waals surface area contributed by atoms with E-state index in [0.29, 0.717) is 19.8 Å². The molecule has 2 N–H and O–H groups in total. The van der Waals surface area contributed by atoms with Gasteiger partial charge in [-0.15, -0.1) is 0 Å². The largest absolute Gasteiger partial charge is 0.378 e. The third-order valence-electron chi connectivity index (χ3n) is 4.54. The molecule has 1 aromatic carbocycles. The Bertz CT molecular complexity index is 711. The highest BCUT2D eigenvalue weighted by Crippen LogP contribution is 2.29. The van der Waals surface area contributed by atoms with Gasteiger partial charge in [0.05, 0.1) is 38.0 Å². The Morgan fingerprint density at radius 2 is 2.08 bits per heavy atom. The Morgan fingerprint density at radius 1 is 1.33 bits per heavy atom. The molecule has 2 heterocycles. The minimum absolute atomic E-state index is 0.0239. The minimum atomic E-state index is -0.311. The molecule has 24 heavy (non-hydrogen) atoms. The number of benzene rings is 1. The summed E-state index contributed by atoms with van der Waals surface area (Å²) < 4.78 is 7.68. The fourth-order valence-electron chi connectivity index (χ4n) is 3.40. The molecule has 1 atom stereocenters. The summed E-state index contributed by atoms with van der Waals surface area (Å²) in [5.41, 5.74) is 9.85. The zero-order chi connectivity index (χ0) is 17.1. The number of aromatic nitrogens is 2. The van der Waals surface area contributed by atoms with Gasteiger partial charge < -0.3 is 10.5 Å². The highest BCUT2D eigenvalue weighted by molar-refractivity contribution is 5.76. The molecule has 6 nitrogen and oxygen atoms in total. The van der Waals surface area contributed by atoms with Gasteiger partial charge in [-0.3, -0.25) is 14.4 Å². The van der Waals surface area contributed by atoms with Crippen LogP contribution in [0.2, 0.25) is 0 Å². The molecule has 0 bridgehead atoms. The topological polar surface area (TPSA) is 73.4 Å². The van der Waals surface area contributed by atoms with E-state index in [1.54, 1.807) is 0 Å². The third kappa shape index (κ3) is 3.49. The summed E-state index contributed by atoms with van der Waals surface area (Å²) in [7, 11) is 0. The van der Waals surface area contributed by atoms with Gasteiger partial charge in [-0.05, 0) is 19.4 Å². The van der Waals surface area contributed by atoms with Gasteiger partial charge in [0.25, 0.3) is 0 Å². The number of amides is 1. The monoisotopic (exact) mass is 328 g/mol. The van der Waals surface area contributed by atoms with Crippen molar-refractivity contribution in [2.75, 3.05) is 26.3 Å². The van der Waals surface area contributed by atoms with Gasteiger partial charge in [0, 0.05) is 17.8 Å². The van der Waals surface area contributed by atoms with Crippen molar-refractivity contribution in [3.8, 4) is 0 Å². The highest BCUT2D eigenvalue weighted by Gasteiger charge is 2.30. The van der Waals surface area contributed by atoms with Crippen molar-refractivity contribution in [2.24, 2.45) is 5.73 Å². The molecule has 2 aromatic rings. The van der Waals surface area contributed by atoms with Gasteiger partial charge in [0.1, 0.15) is 0 Å². The molecule has 128 valence electrons. The standard InChI is InChI=1S/C18H24N4O2/c1-13-18(16-12-24-9-8-21(16)11-17(19)23)14(2)22(20-13)10-15-6-4-3-5-7-15/h3-7,16H,8-12H2,1-2H3,(H2,19,23). The minimum Gasteiger partial charge on any atom is -0.378 e. The maximum absolute atomic E-state index is 11.4. The summed E-state index contributed by atoms with van der Waals surface area (Å²) in [6.45, 7) is 6.96. The van der Waals surface area contributed by atoms with Gasteiger partial charge in [-0.2, -0.15) is 5.10 Å². The number of primary amides is 1. The Kier molecular flexibility index (Phi) is 4.97. The lowest BCUT2D eigenvalue weighted by molar-refractivity contribution is -0.121. The zero-order valence-corrected chi connectivity index (χ0v) is 14.2.